The van der Waals surface area contributed by atoms with Crippen molar-refractivity contribution in [3.05, 3.63) is 51.6 Å². The monoisotopic (exact) mass is 1050 g/mol. The van der Waals surface area contributed by atoms with Gasteiger partial charge >= 0.3 is 18.0 Å². The Balaban J connectivity index is 1.10. The van der Waals surface area contributed by atoms with E-state index in [0.717, 1.165) is 13.8 Å². The Hall–Kier alpha value is -4.51. The topological polar surface area (TPSA) is 357 Å². The van der Waals surface area contributed by atoms with Crippen LogP contribution in [0.15, 0.2) is 34.9 Å². The predicted octanol–water partition coefficient (Wildman–Crippen LogP) is 0.0528. The van der Waals surface area contributed by atoms with Gasteiger partial charge in [0.15, 0.2) is 53.8 Å². The fourth-order valence-electron chi connectivity index (χ4n) is 11.9. The summed E-state index contributed by atoms with van der Waals surface area (Å²) in [5.74, 6) is -5.34. The first kappa shape index (κ1) is 55.7. The number of ketones is 2. The number of esters is 2. The molecule has 4 heterocycles. The molecular formula is C50H68N2O22. The summed E-state index contributed by atoms with van der Waals surface area (Å²) in [6.45, 7) is 11.4. The number of Topliss-reactive ketones (excluding diaryl/α,β-unsaturated/α-hetero) is 2. The number of aliphatic hydroxyl groups excluding tert-OH is 3. The quantitative estimate of drug-likeness (QED) is 0.104. The summed E-state index contributed by atoms with van der Waals surface area (Å²) >= 11 is 0. The molecule has 2 amide bonds. The van der Waals surface area contributed by atoms with Crippen molar-refractivity contribution in [2.24, 2.45) is 5.73 Å². The molecule has 3 aliphatic carbocycles. The molecule has 0 saturated carbocycles. The minimum absolute atomic E-state index is 0.00785. The van der Waals surface area contributed by atoms with Gasteiger partial charge < -0.3 is 94.2 Å². The van der Waals surface area contributed by atoms with Crippen LogP contribution in [0.5, 0.6) is 5.75 Å². The maximum atomic E-state index is 15.2. The van der Waals surface area contributed by atoms with E-state index in [1.807, 2.05) is 0 Å². The molecule has 0 spiro atoms. The maximum absolute atomic E-state index is 15.2. The standard InChI is InChI=1S/C50H68N2O22/c1-18-14-31(73-33-16-29(65-9)38(55)21(4)68-33)49(63)37-36(43(60)46(71-24(7)54)50(49,64)44(18)70-23(6)53)42(59)35-26(41(37)58)11-10-25(40(35)57)28-15-30(39(56)20(3)66-28)72-34-17-48(8,62)45(22(5)69-34)74-32-13-12-27(19(2)67-32)52-47(51)61/h10-11,14,19-22,27-34,38-39,43-46,55-57,60,62-64H,12-13,15-17H2,1-9H3,(H3,51,52,61)/t19-,20-,21+,22-,27+,28-,29-,30-,31+,32+,33+,34-,38-,39-,43+,44-,45-,46+,48+,49-,50+/m1/s1. The Morgan fingerprint density at radius 2 is 1.41 bits per heavy atom. The third-order valence-electron chi connectivity index (χ3n) is 15.5. The molecule has 0 bridgehead atoms. The minimum atomic E-state index is -3.22. The van der Waals surface area contributed by atoms with Crippen LogP contribution in [-0.2, 0) is 57.0 Å². The van der Waals surface area contributed by atoms with Crippen molar-refractivity contribution in [2.75, 3.05) is 7.11 Å². The molecule has 0 radical (unpaired) electrons. The minimum Gasteiger partial charge on any atom is -0.507 e. The first-order valence-electron chi connectivity index (χ1n) is 24.7. The lowest BCUT2D eigenvalue weighted by Gasteiger charge is -2.59. The maximum Gasteiger partial charge on any atom is 0.312 e. The number of fused-ring (bicyclic) bond motifs is 3. The Kier molecular flexibility index (Phi) is 15.7. The normalized spacial score (nSPS) is 43.3. The average Bonchev–Trinajstić information content (AvgIpc) is 3.30. The number of nitrogens with two attached hydrogens (primary N) is 1. The summed E-state index contributed by atoms with van der Waals surface area (Å²) in [7, 11) is 1.35. The predicted molar refractivity (Wildman–Crippen MR) is 249 cm³/mol. The number of ether oxygens (including phenoxy) is 10. The first-order valence-corrected chi connectivity index (χ1v) is 24.7. The fraction of sp³-hybridized carbons (Fsp3) is 0.700. The van der Waals surface area contributed by atoms with Gasteiger partial charge in [-0.3, -0.25) is 19.2 Å². The van der Waals surface area contributed by atoms with Gasteiger partial charge in [-0.2, -0.15) is 0 Å². The highest BCUT2D eigenvalue weighted by molar-refractivity contribution is 6.29. The molecule has 24 heteroatoms. The van der Waals surface area contributed by atoms with E-state index in [4.69, 9.17) is 53.1 Å². The largest absolute Gasteiger partial charge is 0.507 e. The van der Waals surface area contributed by atoms with Gasteiger partial charge in [0.2, 0.25) is 0 Å². The number of aromatic hydroxyl groups is 1. The van der Waals surface area contributed by atoms with Gasteiger partial charge in [0, 0.05) is 68.9 Å². The number of phenolic OH excluding ortho intramolecular Hbond substituents is 1. The molecule has 1 aromatic rings. The summed E-state index contributed by atoms with van der Waals surface area (Å²) in [6.07, 6.45) is -19.5. The molecule has 7 aliphatic rings. The van der Waals surface area contributed by atoms with E-state index in [1.165, 1.54) is 39.2 Å². The van der Waals surface area contributed by atoms with Crippen molar-refractivity contribution in [2.45, 2.75) is 215 Å². The van der Waals surface area contributed by atoms with Gasteiger partial charge in [-0.25, -0.2) is 4.79 Å². The average molecular weight is 1050 g/mol. The zero-order chi connectivity index (χ0) is 54.3. The Morgan fingerprint density at radius 3 is 2.03 bits per heavy atom. The number of methoxy groups -OCH3 is 1. The van der Waals surface area contributed by atoms with Gasteiger partial charge in [-0.1, -0.05) is 6.07 Å². The molecule has 0 unspecified atom stereocenters. The van der Waals surface area contributed by atoms with Crippen molar-refractivity contribution in [3.8, 4) is 5.75 Å². The second-order valence-electron chi connectivity index (χ2n) is 20.8. The van der Waals surface area contributed by atoms with Crippen LogP contribution in [0.4, 0.5) is 4.79 Å². The van der Waals surface area contributed by atoms with Crippen LogP contribution in [0.1, 0.15) is 120 Å². The molecule has 21 atom stereocenters. The van der Waals surface area contributed by atoms with Gasteiger partial charge in [0.05, 0.1) is 59.9 Å². The van der Waals surface area contributed by atoms with E-state index in [-0.39, 0.29) is 36.4 Å². The fourth-order valence-corrected chi connectivity index (χ4v) is 11.9. The molecule has 410 valence electrons. The highest BCUT2D eigenvalue weighted by Crippen LogP contribution is 2.56. The summed E-state index contributed by atoms with van der Waals surface area (Å²) in [5.41, 5.74) is -5.66. The number of phenols is 1. The lowest BCUT2D eigenvalue weighted by Crippen LogP contribution is -2.80. The van der Waals surface area contributed by atoms with Crippen molar-refractivity contribution in [3.63, 3.8) is 0 Å². The molecule has 24 nitrogen and oxygen atoms in total. The summed E-state index contributed by atoms with van der Waals surface area (Å²) < 4.78 is 59.6. The van der Waals surface area contributed by atoms with Crippen LogP contribution in [0.2, 0.25) is 0 Å². The van der Waals surface area contributed by atoms with Crippen molar-refractivity contribution in [1.29, 1.82) is 0 Å². The van der Waals surface area contributed by atoms with Gasteiger partial charge in [-0.05, 0) is 65.7 Å². The van der Waals surface area contributed by atoms with Gasteiger partial charge in [0.1, 0.15) is 36.3 Å². The number of urea groups is 1. The smallest absolute Gasteiger partial charge is 0.312 e. The number of hydrogen-bond acceptors (Lipinski definition) is 22. The molecule has 74 heavy (non-hydrogen) atoms. The van der Waals surface area contributed by atoms with Crippen molar-refractivity contribution >= 4 is 29.5 Å². The lowest BCUT2D eigenvalue weighted by atomic mass is 9.54. The third-order valence-corrected chi connectivity index (χ3v) is 15.5. The molecule has 8 rings (SSSR count). The van der Waals surface area contributed by atoms with E-state index >= 15 is 9.59 Å². The van der Waals surface area contributed by atoms with Gasteiger partial charge in [0.25, 0.3) is 0 Å². The molecule has 4 aliphatic heterocycles. The number of carbonyl (C=O) groups excluding carboxylic acids is 5. The number of carbonyl (C=O) groups is 5. The number of rotatable bonds is 11. The number of nitrogens with one attached hydrogen (secondary N) is 1. The van der Waals surface area contributed by atoms with E-state index < -0.39 is 179 Å². The lowest BCUT2D eigenvalue weighted by molar-refractivity contribution is -0.333. The van der Waals surface area contributed by atoms with E-state index in [0.29, 0.717) is 12.8 Å². The number of hydrogen-bond donors (Lipinski definition) is 9. The zero-order valence-corrected chi connectivity index (χ0v) is 42.5. The van der Waals surface area contributed by atoms with Crippen molar-refractivity contribution < 1.29 is 107 Å². The molecule has 4 saturated heterocycles. The number of benzene rings is 1. The molecule has 1 aromatic carbocycles. The summed E-state index contributed by atoms with van der Waals surface area (Å²) in [5, 5.41) is 87.3. The highest BCUT2D eigenvalue weighted by Gasteiger charge is 2.76. The van der Waals surface area contributed by atoms with Crippen LogP contribution in [-0.4, -0.2) is 193 Å². The van der Waals surface area contributed by atoms with Crippen LogP contribution in [0.3, 0.4) is 0 Å². The summed E-state index contributed by atoms with van der Waals surface area (Å²) in [4.78, 5) is 67.2. The third kappa shape index (κ3) is 9.69. The number of primary amides is 1. The molecule has 4 fully saturated rings. The first-order chi connectivity index (χ1) is 34.6. The Labute approximate surface area is 425 Å². The molecule has 10 N–H and O–H groups in total. The molecular weight excluding hydrogens is 981 g/mol. The second kappa shape index (κ2) is 20.8. The molecule has 0 aromatic heterocycles. The van der Waals surface area contributed by atoms with Crippen LogP contribution >= 0.6 is 0 Å². The summed E-state index contributed by atoms with van der Waals surface area (Å²) in [6, 6.07) is 1.45. The van der Waals surface area contributed by atoms with Gasteiger partial charge in [-0.15, -0.1) is 0 Å². The Morgan fingerprint density at radius 1 is 0.770 bits per heavy atom. The number of amides is 2. The van der Waals surface area contributed by atoms with E-state index in [2.05, 4.69) is 5.32 Å². The second-order valence-corrected chi connectivity index (χ2v) is 20.8. The van der Waals surface area contributed by atoms with E-state index in [9.17, 15) is 50.1 Å². The zero-order valence-electron chi connectivity index (χ0n) is 42.5. The highest BCUT2D eigenvalue weighted by atomic mass is 16.7. The SMILES string of the molecule is CO[C@@H]1C[C@H](O[C@H]2C=C(C)[C@@H](OC(C)=O)[C@]3(O)[C@@H](OC(C)=O)[C@@H](O)C4=C(C(=O)c5ccc([C@H]6C[C@@H](O[C@@H]7C[C@](C)(O)[C@H](O[C@H]8CC[C@H](NC(N)=O)[C@@H](C)O8)[C@@H](C)O7)[C@H](O)[C@@H](C)O6)c(O)c5C4=O)[C@]23O)O[C@@H](C)[C@H]1O. The van der Waals surface area contributed by atoms with E-state index in [1.54, 1.807) is 27.7 Å². The van der Waals surface area contributed by atoms with Crippen LogP contribution in [0.25, 0.3) is 0 Å². The Bertz CT molecular complexity index is 2450. The van der Waals surface area contributed by atoms with Crippen LogP contribution < -0.4 is 11.1 Å². The van der Waals surface area contributed by atoms with Crippen molar-refractivity contribution in [1.82, 2.24) is 5.32 Å². The number of aliphatic hydroxyl groups is 6. The van der Waals surface area contributed by atoms with Crippen LogP contribution in [0, 0.1) is 0 Å².